The molecule has 6 atom stereocenters. The molecular weight excluding hydrogens is 328 g/mol. The summed E-state index contributed by atoms with van der Waals surface area (Å²) in [5.74, 6) is 1.24. The highest BCUT2D eigenvalue weighted by Crippen LogP contribution is 2.69. The van der Waals surface area contributed by atoms with Crippen LogP contribution in [0.4, 0.5) is 0 Å². The van der Waals surface area contributed by atoms with E-state index in [2.05, 4.69) is 20.8 Å². The third-order valence-electron chi connectivity index (χ3n) is 8.91. The van der Waals surface area contributed by atoms with Gasteiger partial charge in [0, 0.05) is 18.3 Å². The average Bonchev–Trinajstić information content (AvgIpc) is 2.94. The molecule has 1 aliphatic heterocycles. The van der Waals surface area contributed by atoms with Gasteiger partial charge in [0.05, 0.1) is 19.1 Å². The Morgan fingerprint density at radius 2 is 1.88 bits per heavy atom. The lowest BCUT2D eigenvalue weighted by Crippen LogP contribution is -2.61. The number of hydrogen-bond donors (Lipinski definition) is 0. The molecular formula is C22H34O4. The van der Waals surface area contributed by atoms with Crippen LogP contribution in [0.25, 0.3) is 0 Å². The molecule has 0 aromatic carbocycles. The van der Waals surface area contributed by atoms with Gasteiger partial charge in [0.15, 0.2) is 0 Å². The third-order valence-corrected chi connectivity index (χ3v) is 8.91. The summed E-state index contributed by atoms with van der Waals surface area (Å²) in [5, 5.41) is 0. The number of carbonyl (C=O) groups is 2. The fourth-order valence-corrected chi connectivity index (χ4v) is 7.92. The SMILES string of the molecule is CC(=O)OC[C@@]12CC[C@H]3C(C)(C)CCC[C@]3(C)[C@H]1CC[C@H]1C(=O)OC[C@H]12. The smallest absolute Gasteiger partial charge is 0.309 e. The minimum atomic E-state index is -0.207. The molecule has 0 spiro atoms. The quantitative estimate of drug-likeness (QED) is 0.685. The Labute approximate surface area is 157 Å². The Balaban J connectivity index is 1.74. The zero-order valence-electron chi connectivity index (χ0n) is 16.8. The van der Waals surface area contributed by atoms with E-state index in [1.807, 2.05) is 0 Å². The zero-order valence-corrected chi connectivity index (χ0v) is 16.8. The first-order valence-electron chi connectivity index (χ1n) is 10.5. The van der Waals surface area contributed by atoms with Crippen molar-refractivity contribution < 1.29 is 19.1 Å². The second-order valence-corrected chi connectivity index (χ2v) is 10.4. The second-order valence-electron chi connectivity index (χ2n) is 10.4. The Hall–Kier alpha value is -1.06. The molecule has 4 nitrogen and oxygen atoms in total. The van der Waals surface area contributed by atoms with Crippen molar-refractivity contribution in [3.8, 4) is 0 Å². The molecule has 0 N–H and O–H groups in total. The molecule has 1 heterocycles. The van der Waals surface area contributed by atoms with Gasteiger partial charge in [-0.1, -0.05) is 27.2 Å². The average molecular weight is 363 g/mol. The molecule has 146 valence electrons. The van der Waals surface area contributed by atoms with E-state index in [1.54, 1.807) is 0 Å². The van der Waals surface area contributed by atoms with E-state index in [9.17, 15) is 9.59 Å². The molecule has 1 saturated heterocycles. The van der Waals surface area contributed by atoms with Crippen molar-refractivity contribution in [1.82, 2.24) is 0 Å². The van der Waals surface area contributed by atoms with E-state index in [4.69, 9.17) is 9.47 Å². The lowest BCUT2D eigenvalue weighted by molar-refractivity contribution is -0.198. The lowest BCUT2D eigenvalue weighted by atomic mass is 9.38. The summed E-state index contributed by atoms with van der Waals surface area (Å²) in [6.07, 6.45) is 8.11. The standard InChI is InChI=1S/C22H34O4/c1-14(23)26-13-22-11-8-17-20(2,3)9-5-10-21(17,4)18(22)7-6-15-16(22)12-25-19(15)24/h15-18H,5-13H2,1-4H3/t15-,16-,17+,18-,21+,22-/m1/s1. The number of rotatable bonds is 2. The Kier molecular flexibility index (Phi) is 4.20. The van der Waals surface area contributed by atoms with E-state index in [0.717, 1.165) is 19.3 Å². The maximum Gasteiger partial charge on any atom is 0.309 e. The van der Waals surface area contributed by atoms with Crippen molar-refractivity contribution in [1.29, 1.82) is 0 Å². The molecule has 0 aromatic heterocycles. The van der Waals surface area contributed by atoms with Crippen LogP contribution in [0.5, 0.6) is 0 Å². The number of ether oxygens (including phenoxy) is 2. The van der Waals surface area contributed by atoms with Crippen LogP contribution in [0, 0.1) is 39.9 Å². The van der Waals surface area contributed by atoms with E-state index < -0.39 is 0 Å². The largest absolute Gasteiger partial charge is 0.465 e. The molecule has 0 aromatic rings. The van der Waals surface area contributed by atoms with Crippen LogP contribution in [0.3, 0.4) is 0 Å². The van der Waals surface area contributed by atoms with Gasteiger partial charge in [0.25, 0.3) is 0 Å². The molecule has 0 radical (unpaired) electrons. The van der Waals surface area contributed by atoms with Crippen LogP contribution in [-0.2, 0) is 19.1 Å². The normalized spacial score (nSPS) is 46.5. The van der Waals surface area contributed by atoms with Gasteiger partial charge in [-0.25, -0.2) is 0 Å². The number of carbonyl (C=O) groups excluding carboxylic acids is 2. The summed E-state index contributed by atoms with van der Waals surface area (Å²) in [7, 11) is 0. The Morgan fingerprint density at radius 1 is 1.12 bits per heavy atom. The summed E-state index contributed by atoms with van der Waals surface area (Å²) >= 11 is 0. The first-order chi connectivity index (χ1) is 12.2. The minimum absolute atomic E-state index is 0.0126. The van der Waals surface area contributed by atoms with Crippen molar-refractivity contribution in [3.05, 3.63) is 0 Å². The van der Waals surface area contributed by atoms with Gasteiger partial charge in [-0.2, -0.15) is 0 Å². The zero-order chi connectivity index (χ0) is 18.7. The van der Waals surface area contributed by atoms with Crippen LogP contribution in [-0.4, -0.2) is 25.2 Å². The summed E-state index contributed by atoms with van der Waals surface area (Å²) in [5.41, 5.74) is 0.565. The Bertz CT molecular complexity index is 611. The highest BCUT2D eigenvalue weighted by atomic mass is 16.5. The highest BCUT2D eigenvalue weighted by molar-refractivity contribution is 5.75. The van der Waals surface area contributed by atoms with Gasteiger partial charge in [0.1, 0.15) is 0 Å². The van der Waals surface area contributed by atoms with Gasteiger partial charge in [-0.15, -0.1) is 0 Å². The van der Waals surface area contributed by atoms with Gasteiger partial charge < -0.3 is 9.47 Å². The lowest BCUT2D eigenvalue weighted by Gasteiger charge is -2.66. The summed E-state index contributed by atoms with van der Waals surface area (Å²) in [6.45, 7) is 9.88. The molecule has 4 aliphatic rings. The summed E-state index contributed by atoms with van der Waals surface area (Å²) < 4.78 is 11.2. The molecule has 4 heteroatoms. The first-order valence-corrected chi connectivity index (χ1v) is 10.5. The molecule has 3 saturated carbocycles. The van der Waals surface area contributed by atoms with E-state index in [1.165, 1.54) is 32.6 Å². The summed E-state index contributed by atoms with van der Waals surface area (Å²) in [4.78, 5) is 24.0. The van der Waals surface area contributed by atoms with Gasteiger partial charge in [0.2, 0.25) is 0 Å². The Morgan fingerprint density at radius 3 is 2.62 bits per heavy atom. The highest BCUT2D eigenvalue weighted by Gasteiger charge is 2.66. The maximum absolute atomic E-state index is 12.3. The van der Waals surface area contributed by atoms with E-state index in [0.29, 0.717) is 30.5 Å². The van der Waals surface area contributed by atoms with E-state index >= 15 is 0 Å². The van der Waals surface area contributed by atoms with Crippen molar-refractivity contribution in [2.75, 3.05) is 13.2 Å². The third kappa shape index (κ3) is 2.46. The molecule has 4 fully saturated rings. The number of fused-ring (bicyclic) bond motifs is 5. The van der Waals surface area contributed by atoms with Crippen LogP contribution >= 0.6 is 0 Å². The second kappa shape index (κ2) is 5.97. The van der Waals surface area contributed by atoms with Crippen LogP contribution in [0.2, 0.25) is 0 Å². The first kappa shape index (κ1) is 18.3. The van der Waals surface area contributed by atoms with Crippen LogP contribution < -0.4 is 0 Å². The molecule has 26 heavy (non-hydrogen) atoms. The fourth-order valence-electron chi connectivity index (χ4n) is 7.92. The van der Waals surface area contributed by atoms with Crippen molar-refractivity contribution in [2.45, 2.75) is 72.6 Å². The number of esters is 2. The molecule has 4 rings (SSSR count). The van der Waals surface area contributed by atoms with Crippen molar-refractivity contribution in [2.24, 2.45) is 39.9 Å². The van der Waals surface area contributed by atoms with Crippen LogP contribution in [0.15, 0.2) is 0 Å². The fraction of sp³-hybridized carbons (Fsp3) is 0.909. The maximum atomic E-state index is 12.3. The van der Waals surface area contributed by atoms with Crippen LogP contribution in [0.1, 0.15) is 72.6 Å². The molecule has 0 unspecified atom stereocenters. The van der Waals surface area contributed by atoms with Crippen molar-refractivity contribution >= 4 is 11.9 Å². The molecule has 0 bridgehead atoms. The van der Waals surface area contributed by atoms with Gasteiger partial charge in [-0.3, -0.25) is 9.59 Å². The predicted molar refractivity (Wildman–Crippen MR) is 98.2 cm³/mol. The predicted octanol–water partition coefficient (Wildman–Crippen LogP) is 4.36. The minimum Gasteiger partial charge on any atom is -0.465 e. The monoisotopic (exact) mass is 362 g/mol. The molecule has 3 aliphatic carbocycles. The van der Waals surface area contributed by atoms with Gasteiger partial charge >= 0.3 is 11.9 Å². The number of cyclic esters (lactones) is 1. The topological polar surface area (TPSA) is 52.6 Å². The summed E-state index contributed by atoms with van der Waals surface area (Å²) in [6, 6.07) is 0. The van der Waals surface area contributed by atoms with Crippen molar-refractivity contribution in [3.63, 3.8) is 0 Å². The van der Waals surface area contributed by atoms with Gasteiger partial charge in [-0.05, 0) is 61.2 Å². The molecule has 0 amide bonds. The van der Waals surface area contributed by atoms with E-state index in [-0.39, 0.29) is 34.6 Å². The number of hydrogen-bond acceptors (Lipinski definition) is 4.